The molecule has 1 saturated heterocycles. The summed E-state index contributed by atoms with van der Waals surface area (Å²) < 4.78 is 25.9. The second kappa shape index (κ2) is 5.61. The highest BCUT2D eigenvalue weighted by molar-refractivity contribution is 7.89. The van der Waals surface area contributed by atoms with Gasteiger partial charge in [0.05, 0.1) is 11.4 Å². The van der Waals surface area contributed by atoms with E-state index < -0.39 is 15.6 Å². The van der Waals surface area contributed by atoms with Gasteiger partial charge in [0, 0.05) is 13.1 Å². The fraction of sp³-hybridized carbons (Fsp3) is 0.571. The molecule has 4 nitrogen and oxygen atoms in total. The summed E-state index contributed by atoms with van der Waals surface area (Å²) >= 11 is 0. The minimum atomic E-state index is -3.21. The van der Waals surface area contributed by atoms with Crippen molar-refractivity contribution in [3.05, 3.63) is 35.9 Å². The van der Waals surface area contributed by atoms with Gasteiger partial charge in [-0.15, -0.1) is 0 Å². The van der Waals surface area contributed by atoms with Crippen LogP contribution in [0.3, 0.4) is 0 Å². The first kappa shape index (κ1) is 14.5. The molecular formula is C14H21NO3S. The van der Waals surface area contributed by atoms with Crippen LogP contribution in [-0.2, 0) is 16.4 Å². The summed E-state index contributed by atoms with van der Waals surface area (Å²) in [7, 11) is -3.21. The Morgan fingerprint density at radius 1 is 1.21 bits per heavy atom. The van der Waals surface area contributed by atoms with E-state index in [-0.39, 0.29) is 5.75 Å². The van der Waals surface area contributed by atoms with Crippen LogP contribution >= 0.6 is 0 Å². The molecular weight excluding hydrogens is 262 g/mol. The average molecular weight is 283 g/mol. The van der Waals surface area contributed by atoms with Crippen molar-refractivity contribution in [2.75, 3.05) is 18.8 Å². The topological polar surface area (TPSA) is 57.6 Å². The fourth-order valence-electron chi connectivity index (χ4n) is 2.27. The largest absolute Gasteiger partial charge is 0.390 e. The molecule has 106 valence electrons. The molecule has 1 aliphatic rings. The van der Waals surface area contributed by atoms with Crippen LogP contribution in [0.4, 0.5) is 0 Å². The number of benzene rings is 1. The van der Waals surface area contributed by atoms with E-state index >= 15 is 0 Å². The van der Waals surface area contributed by atoms with Crippen LogP contribution in [0.2, 0.25) is 0 Å². The van der Waals surface area contributed by atoms with Crippen molar-refractivity contribution in [3.63, 3.8) is 0 Å². The van der Waals surface area contributed by atoms with Crippen LogP contribution in [0.5, 0.6) is 0 Å². The highest BCUT2D eigenvalue weighted by Gasteiger charge is 2.32. The molecule has 1 heterocycles. The summed E-state index contributed by atoms with van der Waals surface area (Å²) in [6.45, 7) is 2.61. The molecule has 2 rings (SSSR count). The van der Waals surface area contributed by atoms with E-state index in [9.17, 15) is 13.5 Å². The normalized spacial score (nSPS) is 20.3. The third-order valence-electron chi connectivity index (χ3n) is 3.68. The van der Waals surface area contributed by atoms with Crippen LogP contribution in [0.25, 0.3) is 0 Å². The smallest absolute Gasteiger partial charge is 0.214 e. The molecule has 0 radical (unpaired) electrons. The molecule has 19 heavy (non-hydrogen) atoms. The molecule has 0 spiro atoms. The number of hydrogen-bond acceptors (Lipinski definition) is 3. The highest BCUT2D eigenvalue weighted by Crippen LogP contribution is 2.23. The maximum Gasteiger partial charge on any atom is 0.214 e. The molecule has 0 aromatic heterocycles. The van der Waals surface area contributed by atoms with Crippen LogP contribution < -0.4 is 0 Å². The standard InChI is InChI=1S/C14H21NO3S/c1-14(16)8-10-15(11-9-14)19(17,18)12-7-13-5-3-2-4-6-13/h2-6,16H,7-12H2,1H3. The lowest BCUT2D eigenvalue weighted by Gasteiger charge is -2.35. The van der Waals surface area contributed by atoms with E-state index in [0.717, 1.165) is 5.56 Å². The molecule has 0 unspecified atom stereocenters. The van der Waals surface area contributed by atoms with Gasteiger partial charge in [0.25, 0.3) is 0 Å². The first-order valence-corrected chi connectivity index (χ1v) is 8.24. The van der Waals surface area contributed by atoms with E-state index in [1.807, 2.05) is 30.3 Å². The van der Waals surface area contributed by atoms with Crippen molar-refractivity contribution in [2.45, 2.75) is 31.8 Å². The Labute approximate surface area is 115 Å². The molecule has 1 aliphatic heterocycles. The van der Waals surface area contributed by atoms with Gasteiger partial charge in [-0.3, -0.25) is 0 Å². The molecule has 0 saturated carbocycles. The van der Waals surface area contributed by atoms with Crippen molar-refractivity contribution >= 4 is 10.0 Å². The Hall–Kier alpha value is -0.910. The Bertz CT molecular complexity index is 501. The number of aliphatic hydroxyl groups is 1. The zero-order valence-corrected chi connectivity index (χ0v) is 12.1. The van der Waals surface area contributed by atoms with Crippen molar-refractivity contribution < 1.29 is 13.5 Å². The maximum absolute atomic E-state index is 12.2. The summed E-state index contributed by atoms with van der Waals surface area (Å²) in [5.74, 6) is 0.138. The molecule has 0 atom stereocenters. The zero-order chi connectivity index (χ0) is 13.9. The molecule has 1 aromatic carbocycles. The number of sulfonamides is 1. The maximum atomic E-state index is 12.2. The third kappa shape index (κ3) is 4.03. The lowest BCUT2D eigenvalue weighted by atomic mass is 9.95. The molecule has 1 aromatic rings. The van der Waals surface area contributed by atoms with Gasteiger partial charge in [-0.1, -0.05) is 30.3 Å². The van der Waals surface area contributed by atoms with E-state index in [0.29, 0.717) is 32.4 Å². The Morgan fingerprint density at radius 3 is 2.37 bits per heavy atom. The predicted molar refractivity (Wildman–Crippen MR) is 75.4 cm³/mol. The van der Waals surface area contributed by atoms with E-state index in [4.69, 9.17) is 0 Å². The van der Waals surface area contributed by atoms with Gasteiger partial charge in [0.15, 0.2) is 0 Å². The average Bonchev–Trinajstić information content (AvgIpc) is 2.37. The number of rotatable bonds is 4. The highest BCUT2D eigenvalue weighted by atomic mass is 32.2. The summed E-state index contributed by atoms with van der Waals surface area (Å²) in [4.78, 5) is 0. The lowest BCUT2D eigenvalue weighted by Crippen LogP contribution is -2.45. The molecule has 0 amide bonds. The van der Waals surface area contributed by atoms with Gasteiger partial charge >= 0.3 is 0 Å². The molecule has 0 aliphatic carbocycles. The Balaban J connectivity index is 1.92. The van der Waals surface area contributed by atoms with E-state index in [2.05, 4.69) is 0 Å². The Morgan fingerprint density at radius 2 is 1.79 bits per heavy atom. The Kier molecular flexibility index (Phi) is 4.28. The van der Waals surface area contributed by atoms with Crippen LogP contribution in [-0.4, -0.2) is 42.3 Å². The van der Waals surface area contributed by atoms with E-state index in [1.165, 1.54) is 4.31 Å². The van der Waals surface area contributed by atoms with Gasteiger partial charge in [-0.2, -0.15) is 0 Å². The van der Waals surface area contributed by atoms with Crippen LogP contribution in [0.1, 0.15) is 25.3 Å². The van der Waals surface area contributed by atoms with Crippen molar-refractivity contribution in [1.82, 2.24) is 4.31 Å². The summed E-state index contributed by atoms with van der Waals surface area (Å²) in [5.41, 5.74) is 0.320. The van der Waals surface area contributed by atoms with Gasteiger partial charge < -0.3 is 5.11 Å². The lowest BCUT2D eigenvalue weighted by molar-refractivity contribution is 0.0126. The minimum absolute atomic E-state index is 0.138. The molecule has 0 bridgehead atoms. The van der Waals surface area contributed by atoms with Crippen LogP contribution in [0, 0.1) is 0 Å². The second-order valence-electron chi connectivity index (χ2n) is 5.45. The molecule has 1 N–H and O–H groups in total. The molecule has 5 heteroatoms. The number of piperidine rings is 1. The van der Waals surface area contributed by atoms with Crippen molar-refractivity contribution in [1.29, 1.82) is 0 Å². The van der Waals surface area contributed by atoms with Gasteiger partial charge in [0.1, 0.15) is 0 Å². The van der Waals surface area contributed by atoms with Crippen molar-refractivity contribution in [3.8, 4) is 0 Å². The molecule has 1 fully saturated rings. The first-order valence-electron chi connectivity index (χ1n) is 6.63. The number of nitrogens with zero attached hydrogens (tertiary/aromatic N) is 1. The number of hydrogen-bond donors (Lipinski definition) is 1. The number of aryl methyl sites for hydroxylation is 1. The summed E-state index contributed by atoms with van der Waals surface area (Å²) in [6.07, 6.45) is 1.56. The first-order chi connectivity index (χ1) is 8.89. The van der Waals surface area contributed by atoms with Gasteiger partial charge in [0.2, 0.25) is 10.0 Å². The fourth-order valence-corrected chi connectivity index (χ4v) is 3.76. The minimum Gasteiger partial charge on any atom is -0.390 e. The van der Waals surface area contributed by atoms with Gasteiger partial charge in [-0.25, -0.2) is 12.7 Å². The van der Waals surface area contributed by atoms with Crippen molar-refractivity contribution in [2.24, 2.45) is 0 Å². The second-order valence-corrected chi connectivity index (χ2v) is 7.54. The monoisotopic (exact) mass is 283 g/mol. The third-order valence-corrected chi connectivity index (χ3v) is 5.56. The van der Waals surface area contributed by atoms with E-state index in [1.54, 1.807) is 6.92 Å². The predicted octanol–water partition coefficient (Wildman–Crippen LogP) is 1.41. The quantitative estimate of drug-likeness (QED) is 0.909. The summed E-state index contributed by atoms with van der Waals surface area (Å²) in [5, 5.41) is 9.84. The summed E-state index contributed by atoms with van der Waals surface area (Å²) in [6, 6.07) is 9.64. The zero-order valence-electron chi connectivity index (χ0n) is 11.2. The van der Waals surface area contributed by atoms with Gasteiger partial charge in [-0.05, 0) is 31.7 Å². The van der Waals surface area contributed by atoms with Crippen LogP contribution in [0.15, 0.2) is 30.3 Å². The SMILES string of the molecule is CC1(O)CCN(S(=O)(=O)CCc2ccccc2)CC1.